The van der Waals surface area contributed by atoms with Crippen molar-refractivity contribution in [2.75, 3.05) is 20.3 Å². The van der Waals surface area contributed by atoms with E-state index in [4.69, 9.17) is 21.1 Å². The summed E-state index contributed by atoms with van der Waals surface area (Å²) in [7, 11) is 1.68. The summed E-state index contributed by atoms with van der Waals surface area (Å²) in [4.78, 5) is 0. The number of methoxy groups -OCH3 is 1. The van der Waals surface area contributed by atoms with E-state index in [-0.39, 0.29) is 12.4 Å². The van der Waals surface area contributed by atoms with Crippen LogP contribution in [0.15, 0.2) is 54.6 Å². The third-order valence-corrected chi connectivity index (χ3v) is 4.53. The second-order valence-corrected chi connectivity index (χ2v) is 6.36. The fraction of sp³-hybridized carbons (Fsp3) is 0.238. The summed E-state index contributed by atoms with van der Waals surface area (Å²) < 4.78 is 24.3. The summed E-state index contributed by atoms with van der Waals surface area (Å²) in [5, 5.41) is 6.03. The molecule has 3 aromatic rings. The first-order valence-electron chi connectivity index (χ1n) is 8.46. The molecule has 0 saturated carbocycles. The minimum absolute atomic E-state index is 0.280. The van der Waals surface area contributed by atoms with Gasteiger partial charge in [0.15, 0.2) is 0 Å². The van der Waals surface area contributed by atoms with Crippen LogP contribution in [0.1, 0.15) is 11.1 Å². The highest BCUT2D eigenvalue weighted by Gasteiger charge is 2.10. The van der Waals surface area contributed by atoms with Crippen LogP contribution in [0.3, 0.4) is 0 Å². The SMILES string of the molecule is COCCNCc1c(OCc2ccc(F)cc2Cl)ccc2ccccc12. The van der Waals surface area contributed by atoms with Gasteiger partial charge in [-0.15, -0.1) is 0 Å². The van der Waals surface area contributed by atoms with Crippen LogP contribution in [-0.4, -0.2) is 20.3 Å². The van der Waals surface area contributed by atoms with Crippen molar-refractivity contribution in [1.82, 2.24) is 5.32 Å². The van der Waals surface area contributed by atoms with Crippen molar-refractivity contribution in [3.05, 3.63) is 76.6 Å². The zero-order valence-corrected chi connectivity index (χ0v) is 15.4. The van der Waals surface area contributed by atoms with E-state index in [0.29, 0.717) is 18.2 Å². The second kappa shape index (κ2) is 8.99. The summed E-state index contributed by atoms with van der Waals surface area (Å²) in [6.07, 6.45) is 0. The first-order valence-corrected chi connectivity index (χ1v) is 8.84. The van der Waals surface area contributed by atoms with Crippen LogP contribution in [-0.2, 0) is 17.9 Å². The Hall–Kier alpha value is -2.14. The number of hydrogen-bond donors (Lipinski definition) is 1. The minimum atomic E-state index is -0.354. The first-order chi connectivity index (χ1) is 12.7. The van der Waals surface area contributed by atoms with E-state index < -0.39 is 0 Å². The van der Waals surface area contributed by atoms with Gasteiger partial charge in [0.2, 0.25) is 0 Å². The summed E-state index contributed by atoms with van der Waals surface area (Å²) in [5.74, 6) is 0.432. The molecule has 0 heterocycles. The Morgan fingerprint density at radius 2 is 1.92 bits per heavy atom. The molecular weight excluding hydrogens is 353 g/mol. The Kier molecular flexibility index (Phi) is 6.45. The molecule has 0 aliphatic carbocycles. The highest BCUT2D eigenvalue weighted by Crippen LogP contribution is 2.29. The molecule has 0 amide bonds. The van der Waals surface area contributed by atoms with Gasteiger partial charge in [-0.1, -0.05) is 48.0 Å². The molecule has 136 valence electrons. The molecule has 3 nitrogen and oxygen atoms in total. The van der Waals surface area contributed by atoms with E-state index >= 15 is 0 Å². The average Bonchev–Trinajstić information content (AvgIpc) is 2.65. The zero-order valence-electron chi connectivity index (χ0n) is 14.6. The Morgan fingerprint density at radius 1 is 1.08 bits per heavy atom. The van der Waals surface area contributed by atoms with Gasteiger partial charge in [0.25, 0.3) is 0 Å². The molecule has 5 heteroatoms. The van der Waals surface area contributed by atoms with E-state index in [1.54, 1.807) is 13.2 Å². The van der Waals surface area contributed by atoms with Gasteiger partial charge in [0.1, 0.15) is 18.2 Å². The highest BCUT2D eigenvalue weighted by atomic mass is 35.5. The van der Waals surface area contributed by atoms with Crippen LogP contribution in [0.2, 0.25) is 5.02 Å². The van der Waals surface area contributed by atoms with Gasteiger partial charge in [-0.3, -0.25) is 0 Å². The molecule has 1 N–H and O–H groups in total. The van der Waals surface area contributed by atoms with Crippen molar-refractivity contribution >= 4 is 22.4 Å². The fourth-order valence-electron chi connectivity index (χ4n) is 2.82. The standard InChI is InChI=1S/C21H21ClFNO2/c1-25-11-10-24-13-19-18-5-3-2-4-15(18)7-9-21(19)26-14-16-6-8-17(23)12-20(16)22/h2-9,12,24H,10-11,13-14H2,1H3. The molecule has 0 fully saturated rings. The predicted molar refractivity (Wildman–Crippen MR) is 103 cm³/mol. The van der Waals surface area contributed by atoms with E-state index in [9.17, 15) is 4.39 Å². The van der Waals surface area contributed by atoms with Crippen LogP contribution >= 0.6 is 11.6 Å². The third-order valence-electron chi connectivity index (χ3n) is 4.18. The van der Waals surface area contributed by atoms with Gasteiger partial charge < -0.3 is 14.8 Å². The minimum Gasteiger partial charge on any atom is -0.488 e. The quantitative estimate of drug-likeness (QED) is 0.567. The highest BCUT2D eigenvalue weighted by molar-refractivity contribution is 6.31. The predicted octanol–water partition coefficient (Wildman–Crippen LogP) is 4.95. The lowest BCUT2D eigenvalue weighted by Gasteiger charge is -2.15. The van der Waals surface area contributed by atoms with Gasteiger partial charge in [-0.25, -0.2) is 4.39 Å². The first kappa shape index (κ1) is 18.6. The summed E-state index contributed by atoms with van der Waals surface area (Å²) in [6.45, 7) is 2.34. The molecule has 0 radical (unpaired) electrons. The number of fused-ring (bicyclic) bond motifs is 1. The van der Waals surface area contributed by atoms with Gasteiger partial charge >= 0.3 is 0 Å². The summed E-state index contributed by atoms with van der Waals surface area (Å²) in [5.41, 5.74) is 1.83. The molecule has 3 rings (SSSR count). The Labute approximate surface area is 157 Å². The maximum atomic E-state index is 13.2. The lowest BCUT2D eigenvalue weighted by molar-refractivity contribution is 0.199. The number of nitrogens with one attached hydrogen (secondary N) is 1. The van der Waals surface area contributed by atoms with Crippen LogP contribution in [0.25, 0.3) is 10.8 Å². The third kappa shape index (κ3) is 4.52. The monoisotopic (exact) mass is 373 g/mol. The molecule has 0 atom stereocenters. The molecular formula is C21H21ClFNO2. The van der Waals surface area contributed by atoms with E-state index in [2.05, 4.69) is 17.4 Å². The normalized spacial score (nSPS) is 11.0. The molecule has 0 unspecified atom stereocenters. The Balaban J connectivity index is 1.83. The average molecular weight is 374 g/mol. The zero-order chi connectivity index (χ0) is 18.4. The van der Waals surface area contributed by atoms with Crippen molar-refractivity contribution in [2.24, 2.45) is 0 Å². The molecule has 0 aliphatic heterocycles. The molecule has 0 bridgehead atoms. The number of benzene rings is 3. The fourth-order valence-corrected chi connectivity index (χ4v) is 3.04. The largest absolute Gasteiger partial charge is 0.488 e. The molecule has 0 saturated heterocycles. The lowest BCUT2D eigenvalue weighted by Crippen LogP contribution is -2.19. The van der Waals surface area contributed by atoms with Crippen molar-refractivity contribution < 1.29 is 13.9 Å². The van der Waals surface area contributed by atoms with Crippen molar-refractivity contribution in [2.45, 2.75) is 13.2 Å². The Bertz CT molecular complexity index is 885. The van der Waals surface area contributed by atoms with Crippen molar-refractivity contribution in [3.63, 3.8) is 0 Å². The topological polar surface area (TPSA) is 30.5 Å². The van der Waals surface area contributed by atoms with Crippen LogP contribution in [0.5, 0.6) is 5.75 Å². The summed E-state index contributed by atoms with van der Waals surface area (Å²) in [6, 6.07) is 16.5. The van der Waals surface area contributed by atoms with Gasteiger partial charge in [0.05, 0.1) is 11.6 Å². The van der Waals surface area contributed by atoms with Crippen LogP contribution < -0.4 is 10.1 Å². The number of ether oxygens (including phenoxy) is 2. The second-order valence-electron chi connectivity index (χ2n) is 5.96. The smallest absolute Gasteiger partial charge is 0.124 e. The van der Waals surface area contributed by atoms with E-state index in [1.165, 1.54) is 12.1 Å². The van der Waals surface area contributed by atoms with Gasteiger partial charge in [-0.05, 0) is 29.0 Å². The summed E-state index contributed by atoms with van der Waals surface area (Å²) >= 11 is 6.10. The molecule has 3 aromatic carbocycles. The molecule has 26 heavy (non-hydrogen) atoms. The van der Waals surface area contributed by atoms with Crippen molar-refractivity contribution in [1.29, 1.82) is 0 Å². The lowest BCUT2D eigenvalue weighted by atomic mass is 10.0. The van der Waals surface area contributed by atoms with Gasteiger partial charge in [-0.2, -0.15) is 0 Å². The number of hydrogen-bond acceptors (Lipinski definition) is 3. The number of halogens is 2. The maximum Gasteiger partial charge on any atom is 0.124 e. The van der Waals surface area contributed by atoms with Crippen LogP contribution in [0, 0.1) is 5.82 Å². The molecule has 0 spiro atoms. The van der Waals surface area contributed by atoms with E-state index in [1.807, 2.05) is 24.3 Å². The van der Waals surface area contributed by atoms with Crippen LogP contribution in [0.4, 0.5) is 4.39 Å². The number of rotatable bonds is 8. The molecule has 0 aromatic heterocycles. The molecule has 0 aliphatic rings. The maximum absolute atomic E-state index is 13.2. The van der Waals surface area contributed by atoms with Gasteiger partial charge in [0, 0.05) is 31.3 Å². The Morgan fingerprint density at radius 3 is 2.73 bits per heavy atom. The van der Waals surface area contributed by atoms with Crippen molar-refractivity contribution in [3.8, 4) is 5.75 Å². The van der Waals surface area contributed by atoms with E-state index in [0.717, 1.165) is 34.2 Å².